The molecule has 0 aliphatic heterocycles. The molecule has 1 amide bonds. The van der Waals surface area contributed by atoms with Crippen LogP contribution in [0.3, 0.4) is 0 Å². The van der Waals surface area contributed by atoms with E-state index in [9.17, 15) is 19.7 Å². The maximum atomic E-state index is 12.2. The van der Waals surface area contributed by atoms with Crippen LogP contribution < -0.4 is 5.32 Å². The molecule has 0 heterocycles. The van der Waals surface area contributed by atoms with E-state index in [4.69, 9.17) is 5.11 Å². The molecule has 2 atom stereocenters. The highest BCUT2D eigenvalue weighted by atomic mass is 16.6. The second-order valence-corrected chi connectivity index (χ2v) is 5.27. The van der Waals surface area contributed by atoms with Crippen molar-refractivity contribution in [2.75, 3.05) is 0 Å². The minimum atomic E-state index is -0.849. The summed E-state index contributed by atoms with van der Waals surface area (Å²) in [5.74, 6) is -1.67. The van der Waals surface area contributed by atoms with Crippen LogP contribution in [-0.2, 0) is 4.79 Å². The molecule has 1 aromatic rings. The first kappa shape index (κ1) is 15.0. The van der Waals surface area contributed by atoms with Crippen LogP contribution in [0.4, 0.5) is 5.69 Å². The van der Waals surface area contributed by atoms with E-state index in [1.54, 1.807) is 6.92 Å². The number of carboxylic acid groups (broad SMARTS) is 1. The van der Waals surface area contributed by atoms with Gasteiger partial charge in [0.1, 0.15) is 0 Å². The van der Waals surface area contributed by atoms with Gasteiger partial charge in [-0.25, -0.2) is 0 Å². The number of hydrogen-bond donors (Lipinski definition) is 2. The second kappa shape index (κ2) is 5.90. The van der Waals surface area contributed by atoms with Gasteiger partial charge in [-0.05, 0) is 31.7 Å². The molecule has 112 valence electrons. The number of carboxylic acids is 1. The van der Waals surface area contributed by atoms with E-state index in [2.05, 4.69) is 5.32 Å². The lowest BCUT2D eigenvalue weighted by molar-refractivity contribution is -0.384. The molecular formula is C14H16N2O5. The smallest absolute Gasteiger partial charge is 0.306 e. The van der Waals surface area contributed by atoms with Crippen LogP contribution >= 0.6 is 0 Å². The third-order valence-corrected chi connectivity index (χ3v) is 3.79. The van der Waals surface area contributed by atoms with E-state index < -0.39 is 22.7 Å². The number of rotatable bonds is 4. The third-order valence-electron chi connectivity index (χ3n) is 3.79. The van der Waals surface area contributed by atoms with Crippen molar-refractivity contribution in [3.05, 3.63) is 39.4 Å². The number of nitrogens with zero attached hydrogens (tertiary/aromatic N) is 1. The maximum absolute atomic E-state index is 12.2. The monoisotopic (exact) mass is 292 g/mol. The minimum Gasteiger partial charge on any atom is -0.481 e. The van der Waals surface area contributed by atoms with Gasteiger partial charge in [-0.2, -0.15) is 0 Å². The number of amides is 1. The zero-order valence-corrected chi connectivity index (χ0v) is 11.5. The van der Waals surface area contributed by atoms with E-state index in [1.165, 1.54) is 18.2 Å². The normalized spacial score (nSPS) is 21.0. The Morgan fingerprint density at radius 2 is 2.10 bits per heavy atom. The fraction of sp³-hybridized carbons (Fsp3) is 0.429. The van der Waals surface area contributed by atoms with Crippen molar-refractivity contribution in [1.82, 2.24) is 5.32 Å². The van der Waals surface area contributed by atoms with Gasteiger partial charge in [0.05, 0.1) is 10.8 Å². The fourth-order valence-corrected chi connectivity index (χ4v) is 2.57. The number of aliphatic carboxylic acids is 1. The topological polar surface area (TPSA) is 110 Å². The van der Waals surface area contributed by atoms with Crippen molar-refractivity contribution in [1.29, 1.82) is 0 Å². The summed E-state index contributed by atoms with van der Waals surface area (Å²) in [6.45, 7) is 1.70. The summed E-state index contributed by atoms with van der Waals surface area (Å²) in [5, 5.41) is 22.5. The molecule has 1 aromatic carbocycles. The van der Waals surface area contributed by atoms with E-state index in [1.807, 2.05) is 0 Å². The van der Waals surface area contributed by atoms with E-state index in [0.717, 1.165) is 0 Å². The first-order chi connectivity index (χ1) is 9.88. The molecule has 1 fully saturated rings. The molecule has 2 rings (SSSR count). The van der Waals surface area contributed by atoms with Gasteiger partial charge in [0.25, 0.3) is 11.6 Å². The average molecular weight is 292 g/mol. The van der Waals surface area contributed by atoms with Crippen LogP contribution in [0.5, 0.6) is 0 Å². The SMILES string of the molecule is Cc1ccc([N+](=O)[O-])cc1C(=O)N[C@@H]1CC[C@H](C(=O)O)C1. The largest absolute Gasteiger partial charge is 0.481 e. The van der Waals surface area contributed by atoms with E-state index in [0.29, 0.717) is 24.8 Å². The molecule has 2 N–H and O–H groups in total. The Hall–Kier alpha value is -2.44. The van der Waals surface area contributed by atoms with Gasteiger partial charge in [-0.3, -0.25) is 19.7 Å². The predicted octanol–water partition coefficient (Wildman–Crippen LogP) is 1.89. The van der Waals surface area contributed by atoms with Crippen LogP contribution in [0.15, 0.2) is 18.2 Å². The van der Waals surface area contributed by atoms with Crippen LogP contribution in [0.2, 0.25) is 0 Å². The summed E-state index contributed by atoms with van der Waals surface area (Å²) < 4.78 is 0. The lowest BCUT2D eigenvalue weighted by atomic mass is 10.1. The Morgan fingerprint density at radius 3 is 2.67 bits per heavy atom. The van der Waals surface area contributed by atoms with Crippen molar-refractivity contribution in [3.63, 3.8) is 0 Å². The molecule has 1 saturated carbocycles. The summed E-state index contributed by atoms with van der Waals surface area (Å²) >= 11 is 0. The number of nitrogens with one attached hydrogen (secondary N) is 1. The highest BCUT2D eigenvalue weighted by Crippen LogP contribution is 2.26. The van der Waals surface area contributed by atoms with Crippen molar-refractivity contribution < 1.29 is 19.6 Å². The molecule has 0 unspecified atom stereocenters. The molecule has 0 bridgehead atoms. The molecule has 7 heteroatoms. The number of nitro benzene ring substituents is 1. The Morgan fingerprint density at radius 1 is 1.38 bits per heavy atom. The molecule has 0 spiro atoms. The van der Waals surface area contributed by atoms with Gasteiger partial charge >= 0.3 is 5.97 Å². The molecule has 1 aliphatic carbocycles. The van der Waals surface area contributed by atoms with Crippen molar-refractivity contribution in [2.45, 2.75) is 32.2 Å². The molecule has 0 radical (unpaired) electrons. The van der Waals surface area contributed by atoms with Crippen LogP contribution in [0.25, 0.3) is 0 Å². The van der Waals surface area contributed by atoms with Crippen molar-refractivity contribution >= 4 is 17.6 Å². The number of benzene rings is 1. The standard InChI is InChI=1S/C14H16N2O5/c1-8-2-5-11(16(20)21)7-12(8)13(17)15-10-4-3-9(6-10)14(18)19/h2,5,7,9-10H,3-4,6H2,1H3,(H,15,17)(H,18,19)/t9-,10+/m0/s1. The summed E-state index contributed by atoms with van der Waals surface area (Å²) in [7, 11) is 0. The van der Waals surface area contributed by atoms with Gasteiger partial charge in [-0.15, -0.1) is 0 Å². The Balaban J connectivity index is 2.09. The zero-order valence-electron chi connectivity index (χ0n) is 11.5. The Kier molecular flexibility index (Phi) is 4.21. The number of nitro groups is 1. The number of hydrogen-bond acceptors (Lipinski definition) is 4. The summed E-state index contributed by atoms with van der Waals surface area (Å²) in [5.41, 5.74) is 0.759. The van der Waals surface area contributed by atoms with Gasteiger partial charge in [0, 0.05) is 23.7 Å². The molecule has 0 saturated heterocycles. The summed E-state index contributed by atoms with van der Waals surface area (Å²) in [6, 6.07) is 3.93. The quantitative estimate of drug-likeness (QED) is 0.650. The number of aryl methyl sites for hydroxylation is 1. The highest BCUT2D eigenvalue weighted by Gasteiger charge is 2.31. The van der Waals surface area contributed by atoms with E-state index in [-0.39, 0.29) is 17.3 Å². The lowest BCUT2D eigenvalue weighted by Crippen LogP contribution is -2.33. The van der Waals surface area contributed by atoms with Crippen LogP contribution in [0, 0.1) is 23.0 Å². The Labute approximate surface area is 121 Å². The predicted molar refractivity (Wildman–Crippen MR) is 74.1 cm³/mol. The molecular weight excluding hydrogens is 276 g/mol. The van der Waals surface area contributed by atoms with Gasteiger partial charge in [0.2, 0.25) is 0 Å². The maximum Gasteiger partial charge on any atom is 0.306 e. The van der Waals surface area contributed by atoms with Crippen molar-refractivity contribution in [2.24, 2.45) is 5.92 Å². The zero-order chi connectivity index (χ0) is 15.6. The Bertz CT molecular complexity index is 599. The lowest BCUT2D eigenvalue weighted by Gasteiger charge is -2.13. The molecule has 7 nitrogen and oxygen atoms in total. The first-order valence-corrected chi connectivity index (χ1v) is 6.67. The second-order valence-electron chi connectivity index (χ2n) is 5.27. The van der Waals surface area contributed by atoms with E-state index >= 15 is 0 Å². The summed E-state index contributed by atoms with van der Waals surface area (Å²) in [4.78, 5) is 33.3. The summed E-state index contributed by atoms with van der Waals surface area (Å²) in [6.07, 6.45) is 1.54. The molecule has 21 heavy (non-hydrogen) atoms. The van der Waals surface area contributed by atoms with Gasteiger partial charge in [0.15, 0.2) is 0 Å². The molecule has 0 aromatic heterocycles. The first-order valence-electron chi connectivity index (χ1n) is 6.67. The number of carbonyl (C=O) groups excluding carboxylic acids is 1. The van der Waals surface area contributed by atoms with Crippen molar-refractivity contribution in [3.8, 4) is 0 Å². The minimum absolute atomic E-state index is 0.138. The fourth-order valence-electron chi connectivity index (χ4n) is 2.57. The van der Waals surface area contributed by atoms with Gasteiger partial charge in [-0.1, -0.05) is 6.07 Å². The van der Waals surface area contributed by atoms with Crippen LogP contribution in [-0.4, -0.2) is 27.9 Å². The third kappa shape index (κ3) is 3.36. The number of non-ortho nitro benzene ring substituents is 1. The number of carbonyl (C=O) groups is 2. The molecule has 1 aliphatic rings. The van der Waals surface area contributed by atoms with Crippen LogP contribution in [0.1, 0.15) is 35.2 Å². The van der Waals surface area contributed by atoms with Gasteiger partial charge < -0.3 is 10.4 Å². The average Bonchev–Trinajstić information content (AvgIpc) is 2.87. The highest BCUT2D eigenvalue weighted by molar-refractivity contribution is 5.96.